The summed E-state index contributed by atoms with van der Waals surface area (Å²) in [5, 5.41) is 18.4. The number of hydrogen-bond donors (Lipinski definition) is 2. The second-order valence-electron chi connectivity index (χ2n) is 3.74. The number of aromatic nitrogens is 2. The van der Waals surface area contributed by atoms with E-state index < -0.39 is 11.9 Å². The largest absolute Gasteiger partial charge is 0.396 e. The molecule has 1 unspecified atom stereocenters. The third kappa shape index (κ3) is 4.33. The minimum absolute atomic E-state index is 0.0182. The molecule has 0 saturated heterocycles. The highest BCUT2D eigenvalue weighted by Gasteiger charge is 2.21. The maximum absolute atomic E-state index is 9.53. The minimum Gasteiger partial charge on any atom is -0.396 e. The van der Waals surface area contributed by atoms with E-state index in [4.69, 9.17) is 9.84 Å². The first-order chi connectivity index (χ1) is 7.03. The topological polar surface area (TPSA) is 75.5 Å². The van der Waals surface area contributed by atoms with Crippen LogP contribution in [-0.4, -0.2) is 32.6 Å². The molecule has 0 saturated carbocycles. The smallest absolute Gasteiger partial charge is 0.160 e. The highest BCUT2D eigenvalue weighted by atomic mass is 16.6. The lowest BCUT2D eigenvalue weighted by Crippen LogP contribution is -2.26. The fraction of sp³-hybridized carbons (Fsp3) is 0.600. The van der Waals surface area contributed by atoms with Crippen LogP contribution in [0.3, 0.4) is 0 Å². The molecule has 0 aliphatic heterocycles. The van der Waals surface area contributed by atoms with E-state index >= 15 is 0 Å². The Morgan fingerprint density at radius 1 is 1.40 bits per heavy atom. The van der Waals surface area contributed by atoms with Gasteiger partial charge < -0.3 is 14.9 Å². The van der Waals surface area contributed by atoms with Crippen molar-refractivity contribution in [1.29, 1.82) is 0 Å². The van der Waals surface area contributed by atoms with Crippen LogP contribution in [-0.2, 0) is 4.74 Å². The first-order valence-electron chi connectivity index (χ1n) is 4.79. The molecule has 0 aliphatic carbocycles. The summed E-state index contributed by atoms with van der Waals surface area (Å²) in [6.07, 6.45) is 4.65. The van der Waals surface area contributed by atoms with Gasteiger partial charge in [-0.3, -0.25) is 0 Å². The van der Waals surface area contributed by atoms with Crippen LogP contribution in [0.4, 0.5) is 0 Å². The molecule has 1 rings (SSSR count). The van der Waals surface area contributed by atoms with E-state index in [0.717, 1.165) is 5.56 Å². The predicted octanol–water partition coefficient (Wildman–Crippen LogP) is 0.645. The van der Waals surface area contributed by atoms with Gasteiger partial charge in [0, 0.05) is 31.0 Å². The van der Waals surface area contributed by atoms with Crippen LogP contribution in [0.2, 0.25) is 0 Å². The summed E-state index contributed by atoms with van der Waals surface area (Å²) in [6, 6.07) is 0. The SMILES string of the molecule is CC(C)(O)OC(CCO)c1cncnc1. The molecule has 0 fully saturated rings. The molecule has 1 atom stereocenters. The van der Waals surface area contributed by atoms with Gasteiger partial charge in [0.1, 0.15) is 6.33 Å². The third-order valence-electron chi connectivity index (χ3n) is 1.77. The monoisotopic (exact) mass is 212 g/mol. The van der Waals surface area contributed by atoms with Crippen molar-refractivity contribution in [2.45, 2.75) is 32.2 Å². The summed E-state index contributed by atoms with van der Waals surface area (Å²) in [6.45, 7) is 3.07. The fourth-order valence-electron chi connectivity index (χ4n) is 1.24. The van der Waals surface area contributed by atoms with Gasteiger partial charge in [-0.2, -0.15) is 0 Å². The quantitative estimate of drug-likeness (QED) is 0.701. The molecule has 1 aromatic heterocycles. The summed E-state index contributed by atoms with van der Waals surface area (Å²) >= 11 is 0. The zero-order valence-electron chi connectivity index (χ0n) is 8.92. The first-order valence-corrected chi connectivity index (χ1v) is 4.79. The van der Waals surface area contributed by atoms with Gasteiger partial charge in [-0.1, -0.05) is 0 Å². The van der Waals surface area contributed by atoms with E-state index in [-0.39, 0.29) is 6.61 Å². The molecule has 0 spiro atoms. The maximum atomic E-state index is 9.53. The zero-order chi connectivity index (χ0) is 11.3. The van der Waals surface area contributed by atoms with Crippen molar-refractivity contribution >= 4 is 0 Å². The Hall–Kier alpha value is -1.04. The maximum Gasteiger partial charge on any atom is 0.160 e. The zero-order valence-corrected chi connectivity index (χ0v) is 8.92. The van der Waals surface area contributed by atoms with Crippen LogP contribution in [0.5, 0.6) is 0 Å². The van der Waals surface area contributed by atoms with Crippen molar-refractivity contribution in [3.8, 4) is 0 Å². The lowest BCUT2D eigenvalue weighted by Gasteiger charge is -2.25. The fourth-order valence-corrected chi connectivity index (χ4v) is 1.24. The molecule has 0 amide bonds. The van der Waals surface area contributed by atoms with Crippen LogP contribution in [0.15, 0.2) is 18.7 Å². The van der Waals surface area contributed by atoms with Gasteiger partial charge in [-0.15, -0.1) is 0 Å². The third-order valence-corrected chi connectivity index (χ3v) is 1.77. The Bertz CT molecular complexity index is 284. The molecule has 1 heterocycles. The van der Waals surface area contributed by atoms with E-state index in [1.807, 2.05) is 0 Å². The highest BCUT2D eigenvalue weighted by Crippen LogP contribution is 2.24. The second-order valence-corrected chi connectivity index (χ2v) is 3.74. The summed E-state index contributed by atoms with van der Waals surface area (Å²) in [5.41, 5.74) is 0.744. The van der Waals surface area contributed by atoms with Crippen molar-refractivity contribution in [3.63, 3.8) is 0 Å². The van der Waals surface area contributed by atoms with Crippen LogP contribution in [0.25, 0.3) is 0 Å². The van der Waals surface area contributed by atoms with E-state index in [9.17, 15) is 5.11 Å². The van der Waals surface area contributed by atoms with Gasteiger partial charge in [-0.25, -0.2) is 9.97 Å². The molecule has 0 aliphatic rings. The van der Waals surface area contributed by atoms with Crippen LogP contribution in [0, 0.1) is 0 Å². The van der Waals surface area contributed by atoms with Crippen LogP contribution < -0.4 is 0 Å². The lowest BCUT2D eigenvalue weighted by atomic mass is 10.1. The highest BCUT2D eigenvalue weighted by molar-refractivity contribution is 5.07. The Kier molecular flexibility index (Phi) is 4.14. The number of aliphatic hydroxyl groups is 2. The Labute approximate surface area is 88.8 Å². The summed E-state index contributed by atoms with van der Waals surface area (Å²) in [5.74, 6) is -1.24. The van der Waals surface area contributed by atoms with Crippen molar-refractivity contribution in [3.05, 3.63) is 24.3 Å². The Morgan fingerprint density at radius 3 is 2.47 bits per heavy atom. The standard InChI is InChI=1S/C10H16N2O3/c1-10(2,14)15-9(3-4-13)8-5-11-7-12-6-8/h5-7,9,13-14H,3-4H2,1-2H3. The average molecular weight is 212 g/mol. The molecule has 1 aromatic rings. The second kappa shape index (κ2) is 5.16. The van der Waals surface area contributed by atoms with Crippen molar-refractivity contribution in [2.24, 2.45) is 0 Å². The summed E-state index contributed by atoms with van der Waals surface area (Å²) in [7, 11) is 0. The molecule has 15 heavy (non-hydrogen) atoms. The van der Waals surface area contributed by atoms with Gasteiger partial charge in [0.2, 0.25) is 0 Å². The summed E-state index contributed by atoms with van der Waals surface area (Å²) in [4.78, 5) is 7.73. The average Bonchev–Trinajstić information content (AvgIpc) is 2.17. The predicted molar refractivity (Wildman–Crippen MR) is 53.9 cm³/mol. The molecular weight excluding hydrogens is 196 g/mol. The molecular formula is C10H16N2O3. The van der Waals surface area contributed by atoms with Gasteiger partial charge in [0.25, 0.3) is 0 Å². The van der Waals surface area contributed by atoms with Crippen molar-refractivity contribution < 1.29 is 14.9 Å². The lowest BCUT2D eigenvalue weighted by molar-refractivity contribution is -0.210. The van der Waals surface area contributed by atoms with E-state index in [1.165, 1.54) is 6.33 Å². The molecule has 5 heteroatoms. The molecule has 0 radical (unpaired) electrons. The van der Waals surface area contributed by atoms with Gasteiger partial charge >= 0.3 is 0 Å². The molecule has 84 valence electrons. The molecule has 0 aromatic carbocycles. The van der Waals surface area contributed by atoms with Crippen molar-refractivity contribution in [2.75, 3.05) is 6.61 Å². The van der Waals surface area contributed by atoms with Crippen LogP contribution >= 0.6 is 0 Å². The summed E-state index contributed by atoms with van der Waals surface area (Å²) < 4.78 is 5.38. The normalized spacial score (nSPS) is 13.9. The molecule has 2 N–H and O–H groups in total. The van der Waals surface area contributed by atoms with Gasteiger partial charge in [0.05, 0.1) is 6.10 Å². The molecule has 5 nitrogen and oxygen atoms in total. The number of hydrogen-bond acceptors (Lipinski definition) is 5. The Balaban J connectivity index is 2.75. The number of rotatable bonds is 5. The minimum atomic E-state index is -1.24. The first kappa shape index (κ1) is 12.0. The Morgan fingerprint density at radius 2 is 2.00 bits per heavy atom. The van der Waals surface area contributed by atoms with Gasteiger partial charge in [-0.05, 0) is 13.8 Å². The van der Waals surface area contributed by atoms with Crippen molar-refractivity contribution in [1.82, 2.24) is 9.97 Å². The number of nitrogens with zero attached hydrogens (tertiary/aromatic N) is 2. The number of aliphatic hydroxyl groups excluding tert-OH is 1. The van der Waals surface area contributed by atoms with Crippen LogP contribution in [0.1, 0.15) is 31.9 Å². The molecule has 0 bridgehead atoms. The van der Waals surface area contributed by atoms with Gasteiger partial charge in [0.15, 0.2) is 5.79 Å². The van der Waals surface area contributed by atoms with E-state index in [1.54, 1.807) is 26.2 Å². The number of ether oxygens (including phenoxy) is 1. The van der Waals surface area contributed by atoms with E-state index in [2.05, 4.69) is 9.97 Å². The van der Waals surface area contributed by atoms with E-state index in [0.29, 0.717) is 6.42 Å².